The van der Waals surface area contributed by atoms with Gasteiger partial charge in [-0.15, -0.1) is 11.8 Å². The molecule has 4 heteroatoms. The number of benzene rings is 1. The van der Waals surface area contributed by atoms with Gasteiger partial charge in [0, 0.05) is 17.5 Å². The van der Waals surface area contributed by atoms with Gasteiger partial charge in [0.2, 0.25) is 0 Å². The first-order chi connectivity index (χ1) is 9.19. The van der Waals surface area contributed by atoms with Crippen LogP contribution in [0.1, 0.15) is 43.5 Å². The monoisotopic (exact) mass is 279 g/mol. The maximum absolute atomic E-state index is 11.6. The molecule has 1 unspecified atom stereocenters. The fourth-order valence-corrected chi connectivity index (χ4v) is 3.65. The van der Waals surface area contributed by atoms with Crippen molar-refractivity contribution in [3.05, 3.63) is 23.8 Å². The van der Waals surface area contributed by atoms with Gasteiger partial charge in [0.05, 0.1) is 11.3 Å². The van der Waals surface area contributed by atoms with Crippen LogP contribution in [0.15, 0.2) is 23.1 Å². The average molecular weight is 279 g/mol. The number of anilines is 1. The number of hydrogen-bond acceptors (Lipinski definition) is 3. The van der Waals surface area contributed by atoms with Crippen molar-refractivity contribution in [2.45, 2.75) is 44.0 Å². The number of nitrogens with zero attached hydrogens (tertiary/aromatic N) is 1. The summed E-state index contributed by atoms with van der Waals surface area (Å²) < 4.78 is 0. The molecule has 0 spiro atoms. The first kappa shape index (κ1) is 14.3. The maximum atomic E-state index is 11.6. The van der Waals surface area contributed by atoms with E-state index < -0.39 is 5.97 Å². The summed E-state index contributed by atoms with van der Waals surface area (Å²) in [4.78, 5) is 14.8. The van der Waals surface area contributed by atoms with E-state index in [1.54, 1.807) is 11.8 Å². The molecule has 1 N–H and O–H groups in total. The highest BCUT2D eigenvalue weighted by atomic mass is 32.2. The second-order valence-electron chi connectivity index (χ2n) is 4.79. The Kier molecular flexibility index (Phi) is 4.75. The lowest BCUT2D eigenvalue weighted by Crippen LogP contribution is -2.30. The van der Waals surface area contributed by atoms with E-state index in [2.05, 4.69) is 11.8 Å². The average Bonchev–Trinajstić information content (AvgIpc) is 2.86. The molecule has 1 fully saturated rings. The fraction of sp³-hybridized carbons (Fsp3) is 0.533. The van der Waals surface area contributed by atoms with Gasteiger partial charge in [0.15, 0.2) is 0 Å². The minimum atomic E-state index is -0.812. The summed E-state index contributed by atoms with van der Waals surface area (Å²) in [5.74, 6) is 0.0781. The number of carboxylic acid groups (broad SMARTS) is 1. The summed E-state index contributed by atoms with van der Waals surface area (Å²) in [6.45, 7) is 5.20. The molecule has 0 aromatic heterocycles. The molecule has 104 valence electrons. The SMILES string of the molecule is CCSc1cccc(N2CCCC2CC)c1C(=O)O. The zero-order valence-corrected chi connectivity index (χ0v) is 12.4. The highest BCUT2D eigenvalue weighted by molar-refractivity contribution is 7.99. The molecule has 0 amide bonds. The topological polar surface area (TPSA) is 40.5 Å². The van der Waals surface area contributed by atoms with E-state index in [1.807, 2.05) is 25.1 Å². The van der Waals surface area contributed by atoms with Crippen LogP contribution in [-0.2, 0) is 0 Å². The van der Waals surface area contributed by atoms with Gasteiger partial charge in [-0.1, -0.05) is 19.9 Å². The number of hydrogen-bond donors (Lipinski definition) is 1. The fourth-order valence-electron chi connectivity index (χ4n) is 2.83. The number of carbonyl (C=O) groups is 1. The van der Waals surface area contributed by atoms with Crippen LogP contribution in [0.5, 0.6) is 0 Å². The first-order valence-electron chi connectivity index (χ1n) is 6.94. The molecular formula is C15H21NO2S. The van der Waals surface area contributed by atoms with Gasteiger partial charge in [-0.05, 0) is 37.1 Å². The van der Waals surface area contributed by atoms with E-state index in [0.29, 0.717) is 11.6 Å². The minimum absolute atomic E-state index is 0.481. The van der Waals surface area contributed by atoms with E-state index in [9.17, 15) is 9.90 Å². The number of aromatic carboxylic acids is 1. The Morgan fingerprint density at radius 3 is 2.89 bits per heavy atom. The van der Waals surface area contributed by atoms with Crippen LogP contribution in [0, 0.1) is 0 Å². The molecule has 2 rings (SSSR count). The van der Waals surface area contributed by atoms with Crippen molar-refractivity contribution in [1.29, 1.82) is 0 Å². The smallest absolute Gasteiger partial charge is 0.338 e. The quantitative estimate of drug-likeness (QED) is 0.831. The standard InChI is InChI=1S/C15H21NO2S/c1-3-11-7-6-10-16(11)12-8-5-9-13(19-4-2)14(12)15(17)18/h5,8-9,11H,3-4,6-7,10H2,1-2H3,(H,17,18). The van der Waals surface area contributed by atoms with Crippen LogP contribution in [0.4, 0.5) is 5.69 Å². The Morgan fingerprint density at radius 1 is 1.47 bits per heavy atom. The third kappa shape index (κ3) is 2.89. The molecule has 3 nitrogen and oxygen atoms in total. The molecule has 1 aliphatic heterocycles. The molecule has 19 heavy (non-hydrogen) atoms. The van der Waals surface area contributed by atoms with Crippen LogP contribution in [0.25, 0.3) is 0 Å². The van der Waals surface area contributed by atoms with E-state index in [4.69, 9.17) is 0 Å². The van der Waals surface area contributed by atoms with Gasteiger partial charge in [-0.3, -0.25) is 0 Å². The predicted octanol–water partition coefficient (Wildman–Crippen LogP) is 3.88. The lowest BCUT2D eigenvalue weighted by atomic mass is 10.1. The molecule has 0 aliphatic carbocycles. The summed E-state index contributed by atoms with van der Waals surface area (Å²) in [6.07, 6.45) is 3.40. The van der Waals surface area contributed by atoms with Crippen LogP contribution >= 0.6 is 11.8 Å². The molecule has 1 saturated heterocycles. The Hall–Kier alpha value is -1.16. The van der Waals surface area contributed by atoms with Crippen molar-refractivity contribution in [3.63, 3.8) is 0 Å². The van der Waals surface area contributed by atoms with E-state index in [-0.39, 0.29) is 0 Å². The summed E-state index contributed by atoms with van der Waals surface area (Å²) in [6, 6.07) is 6.33. The van der Waals surface area contributed by atoms with Gasteiger partial charge in [-0.25, -0.2) is 4.79 Å². The van der Waals surface area contributed by atoms with Gasteiger partial charge in [-0.2, -0.15) is 0 Å². The lowest BCUT2D eigenvalue weighted by Gasteiger charge is -2.28. The summed E-state index contributed by atoms with van der Waals surface area (Å²) in [5, 5.41) is 9.55. The van der Waals surface area contributed by atoms with Crippen LogP contribution in [0.3, 0.4) is 0 Å². The second kappa shape index (κ2) is 6.33. The largest absolute Gasteiger partial charge is 0.478 e. The van der Waals surface area contributed by atoms with Gasteiger partial charge >= 0.3 is 5.97 Å². The van der Waals surface area contributed by atoms with E-state index >= 15 is 0 Å². The number of carboxylic acids is 1. The summed E-state index contributed by atoms with van der Waals surface area (Å²) in [5.41, 5.74) is 1.38. The molecule has 0 radical (unpaired) electrons. The Balaban J connectivity index is 2.44. The van der Waals surface area contributed by atoms with Crippen molar-refractivity contribution in [2.24, 2.45) is 0 Å². The Labute approximate surface area is 119 Å². The Morgan fingerprint density at radius 2 is 2.26 bits per heavy atom. The molecule has 0 bridgehead atoms. The molecular weight excluding hydrogens is 258 g/mol. The normalized spacial score (nSPS) is 18.8. The Bertz CT molecular complexity index is 461. The van der Waals surface area contributed by atoms with E-state index in [0.717, 1.165) is 35.7 Å². The third-order valence-corrected chi connectivity index (χ3v) is 4.62. The third-order valence-electron chi connectivity index (χ3n) is 3.68. The van der Waals surface area contributed by atoms with Gasteiger partial charge in [0.1, 0.15) is 0 Å². The molecule has 1 aromatic rings. The summed E-state index contributed by atoms with van der Waals surface area (Å²) >= 11 is 1.60. The molecule has 1 heterocycles. The highest BCUT2D eigenvalue weighted by Crippen LogP contribution is 2.35. The zero-order chi connectivity index (χ0) is 13.8. The predicted molar refractivity (Wildman–Crippen MR) is 80.5 cm³/mol. The van der Waals surface area contributed by atoms with Crippen LogP contribution in [-0.4, -0.2) is 29.4 Å². The first-order valence-corrected chi connectivity index (χ1v) is 7.93. The molecule has 1 aromatic carbocycles. The lowest BCUT2D eigenvalue weighted by molar-refractivity contribution is 0.0694. The van der Waals surface area contributed by atoms with Crippen molar-refractivity contribution < 1.29 is 9.90 Å². The van der Waals surface area contributed by atoms with Gasteiger partial charge < -0.3 is 10.0 Å². The van der Waals surface area contributed by atoms with Crippen molar-refractivity contribution >= 4 is 23.4 Å². The molecule has 0 saturated carbocycles. The van der Waals surface area contributed by atoms with Crippen molar-refractivity contribution in [2.75, 3.05) is 17.2 Å². The van der Waals surface area contributed by atoms with Crippen molar-refractivity contribution in [3.8, 4) is 0 Å². The number of thioether (sulfide) groups is 1. The van der Waals surface area contributed by atoms with E-state index in [1.165, 1.54) is 6.42 Å². The maximum Gasteiger partial charge on any atom is 0.338 e. The van der Waals surface area contributed by atoms with Crippen LogP contribution in [0.2, 0.25) is 0 Å². The molecule has 1 aliphatic rings. The highest BCUT2D eigenvalue weighted by Gasteiger charge is 2.27. The van der Waals surface area contributed by atoms with Crippen LogP contribution < -0.4 is 4.90 Å². The van der Waals surface area contributed by atoms with Crippen molar-refractivity contribution in [1.82, 2.24) is 0 Å². The van der Waals surface area contributed by atoms with Gasteiger partial charge in [0.25, 0.3) is 0 Å². The minimum Gasteiger partial charge on any atom is -0.478 e. The number of rotatable bonds is 5. The zero-order valence-electron chi connectivity index (χ0n) is 11.6. The molecule has 1 atom stereocenters. The summed E-state index contributed by atoms with van der Waals surface area (Å²) in [7, 11) is 0. The second-order valence-corrected chi connectivity index (χ2v) is 6.09.